The fourth-order valence-electron chi connectivity index (χ4n) is 3.56. The molecule has 4 nitrogen and oxygen atoms in total. The summed E-state index contributed by atoms with van der Waals surface area (Å²) in [7, 11) is 0. The number of fused-ring (bicyclic) bond motifs is 3. The lowest BCUT2D eigenvalue weighted by Crippen LogP contribution is -2.31. The van der Waals surface area contributed by atoms with Gasteiger partial charge in [-0.2, -0.15) is 0 Å². The van der Waals surface area contributed by atoms with Gasteiger partial charge >= 0.3 is 0 Å². The highest BCUT2D eigenvalue weighted by Crippen LogP contribution is 2.37. The Kier molecular flexibility index (Phi) is 2.06. The van der Waals surface area contributed by atoms with Crippen LogP contribution in [0.15, 0.2) is 46.4 Å². The number of hydrogen-bond donors (Lipinski definition) is 2. The van der Waals surface area contributed by atoms with Crippen LogP contribution in [-0.4, -0.2) is 23.3 Å². The van der Waals surface area contributed by atoms with Crippen LogP contribution in [0.3, 0.4) is 0 Å². The average molecular weight is 288 g/mol. The maximum absolute atomic E-state index is 10.4. The van der Waals surface area contributed by atoms with Crippen LogP contribution in [-0.2, 0) is 0 Å². The van der Waals surface area contributed by atoms with E-state index in [0.29, 0.717) is 23.8 Å². The third-order valence-corrected chi connectivity index (χ3v) is 4.46. The number of hydrogen-bond acceptors (Lipinski definition) is 4. The first-order valence-electron chi connectivity index (χ1n) is 7.26. The maximum Gasteiger partial charge on any atom is 0.125 e. The summed E-state index contributed by atoms with van der Waals surface area (Å²) in [6, 6.07) is 11.3. The Morgan fingerprint density at radius 1 is 0.591 bits per heavy atom. The van der Waals surface area contributed by atoms with E-state index in [4.69, 9.17) is 0 Å². The van der Waals surface area contributed by atoms with Gasteiger partial charge in [-0.25, -0.2) is 0 Å². The van der Waals surface area contributed by atoms with Crippen LogP contribution in [0.25, 0.3) is 32.3 Å². The van der Waals surface area contributed by atoms with E-state index in [1.54, 1.807) is 12.1 Å². The SMILES string of the molecule is Oc1ccc2ccc3ccc(O)c4c5c(c1c2c34)=NCCN=5. The van der Waals surface area contributed by atoms with E-state index in [0.717, 1.165) is 32.3 Å². The maximum atomic E-state index is 10.4. The molecular weight excluding hydrogens is 276 g/mol. The highest BCUT2D eigenvalue weighted by molar-refractivity contribution is 6.24. The largest absolute Gasteiger partial charge is 0.507 e. The Balaban J connectivity index is 2.34. The molecule has 4 aromatic carbocycles. The van der Waals surface area contributed by atoms with Gasteiger partial charge in [0.25, 0.3) is 0 Å². The average Bonchev–Trinajstić information content (AvgIpc) is 2.55. The molecule has 22 heavy (non-hydrogen) atoms. The summed E-state index contributed by atoms with van der Waals surface area (Å²) in [6.07, 6.45) is 0. The fourth-order valence-corrected chi connectivity index (χ4v) is 3.56. The van der Waals surface area contributed by atoms with Crippen molar-refractivity contribution in [2.24, 2.45) is 9.98 Å². The minimum atomic E-state index is 0.211. The zero-order valence-electron chi connectivity index (χ0n) is 11.7. The quantitative estimate of drug-likeness (QED) is 0.487. The molecule has 0 saturated carbocycles. The molecule has 4 heteroatoms. The number of rotatable bonds is 0. The van der Waals surface area contributed by atoms with Gasteiger partial charge in [-0.1, -0.05) is 24.3 Å². The zero-order chi connectivity index (χ0) is 14.8. The summed E-state index contributed by atoms with van der Waals surface area (Å²) in [5.41, 5.74) is 0. The van der Waals surface area contributed by atoms with Crippen molar-refractivity contribution in [1.29, 1.82) is 0 Å². The summed E-state index contributed by atoms with van der Waals surface area (Å²) in [4.78, 5) is 9.16. The van der Waals surface area contributed by atoms with E-state index in [9.17, 15) is 10.2 Å². The van der Waals surface area contributed by atoms with Crippen LogP contribution in [0.1, 0.15) is 0 Å². The van der Waals surface area contributed by atoms with E-state index >= 15 is 0 Å². The summed E-state index contributed by atoms with van der Waals surface area (Å²) >= 11 is 0. The Morgan fingerprint density at radius 3 is 1.45 bits per heavy atom. The molecule has 0 aromatic heterocycles. The monoisotopic (exact) mass is 288 g/mol. The molecule has 0 aliphatic carbocycles. The lowest BCUT2D eigenvalue weighted by atomic mass is 9.92. The number of nitrogens with zero attached hydrogens (tertiary/aromatic N) is 2. The third kappa shape index (κ3) is 1.27. The molecule has 0 saturated heterocycles. The van der Waals surface area contributed by atoms with E-state index in [1.807, 2.05) is 24.3 Å². The second kappa shape index (κ2) is 3.85. The summed E-state index contributed by atoms with van der Waals surface area (Å²) in [5, 5.41) is 27.6. The standard InChI is InChI=1S/C18H12N2O2/c21-11-5-3-9-1-2-10-4-6-12(22)16-14(10)13(9)15(11)17-18(16)20-8-7-19-17/h1-6,21-22H,7-8H2. The summed E-state index contributed by atoms with van der Waals surface area (Å²) in [5.74, 6) is 0.421. The van der Waals surface area contributed by atoms with Crippen molar-refractivity contribution in [3.05, 3.63) is 47.1 Å². The van der Waals surface area contributed by atoms with Gasteiger partial charge in [0.15, 0.2) is 0 Å². The minimum Gasteiger partial charge on any atom is -0.507 e. The topological polar surface area (TPSA) is 65.2 Å². The summed E-state index contributed by atoms with van der Waals surface area (Å²) in [6.45, 7) is 1.21. The van der Waals surface area contributed by atoms with Gasteiger partial charge in [0, 0.05) is 10.8 Å². The Morgan fingerprint density at radius 2 is 1.00 bits per heavy atom. The molecular formula is C18H12N2O2. The molecule has 1 aliphatic rings. The smallest absolute Gasteiger partial charge is 0.125 e. The van der Waals surface area contributed by atoms with Crippen LogP contribution in [0, 0.1) is 0 Å². The fraction of sp³-hybridized carbons (Fsp3) is 0.111. The van der Waals surface area contributed by atoms with Gasteiger partial charge in [0.05, 0.1) is 34.6 Å². The lowest BCUT2D eigenvalue weighted by molar-refractivity contribution is 0.479. The molecule has 1 aliphatic heterocycles. The molecule has 0 unspecified atom stereocenters. The first-order chi connectivity index (χ1) is 10.8. The molecule has 5 rings (SSSR count). The molecule has 0 radical (unpaired) electrons. The molecule has 0 bridgehead atoms. The van der Waals surface area contributed by atoms with E-state index < -0.39 is 0 Å². The Labute approximate surface area is 125 Å². The molecule has 1 heterocycles. The molecule has 4 aromatic rings. The Hall–Kier alpha value is -2.88. The van der Waals surface area contributed by atoms with E-state index in [1.165, 1.54) is 0 Å². The van der Waals surface area contributed by atoms with Crippen LogP contribution < -0.4 is 10.7 Å². The van der Waals surface area contributed by atoms with Crippen molar-refractivity contribution >= 4 is 32.3 Å². The van der Waals surface area contributed by atoms with Gasteiger partial charge in [0.2, 0.25) is 0 Å². The predicted molar refractivity (Wildman–Crippen MR) is 85.5 cm³/mol. The van der Waals surface area contributed by atoms with Crippen molar-refractivity contribution in [2.75, 3.05) is 13.1 Å². The zero-order valence-corrected chi connectivity index (χ0v) is 11.7. The third-order valence-electron chi connectivity index (χ3n) is 4.46. The molecule has 0 atom stereocenters. The second-order valence-electron chi connectivity index (χ2n) is 5.64. The summed E-state index contributed by atoms with van der Waals surface area (Å²) < 4.78 is 0. The highest BCUT2D eigenvalue weighted by atomic mass is 16.3. The van der Waals surface area contributed by atoms with E-state index in [-0.39, 0.29) is 11.5 Å². The number of phenols is 2. The van der Waals surface area contributed by atoms with Crippen LogP contribution >= 0.6 is 0 Å². The number of phenolic OH excluding ortho intramolecular Hbond substituents is 2. The van der Waals surface area contributed by atoms with Crippen LogP contribution in [0.4, 0.5) is 0 Å². The van der Waals surface area contributed by atoms with Crippen LogP contribution in [0.5, 0.6) is 11.5 Å². The van der Waals surface area contributed by atoms with E-state index in [2.05, 4.69) is 9.98 Å². The van der Waals surface area contributed by atoms with Crippen molar-refractivity contribution in [2.45, 2.75) is 0 Å². The lowest BCUT2D eigenvalue weighted by Gasteiger charge is -2.15. The van der Waals surface area contributed by atoms with Gasteiger partial charge in [0.1, 0.15) is 11.5 Å². The first-order valence-corrected chi connectivity index (χ1v) is 7.26. The predicted octanol–water partition coefficient (Wildman–Crippen LogP) is 2.25. The van der Waals surface area contributed by atoms with Crippen molar-refractivity contribution < 1.29 is 10.2 Å². The molecule has 106 valence electrons. The van der Waals surface area contributed by atoms with Crippen molar-refractivity contribution in [3.63, 3.8) is 0 Å². The first kappa shape index (κ1) is 11.7. The normalized spacial score (nSPS) is 14.2. The molecule has 0 spiro atoms. The number of aromatic hydroxyl groups is 2. The van der Waals surface area contributed by atoms with Gasteiger partial charge in [-0.3, -0.25) is 9.98 Å². The highest BCUT2D eigenvalue weighted by Gasteiger charge is 2.18. The second-order valence-corrected chi connectivity index (χ2v) is 5.64. The van der Waals surface area contributed by atoms with Crippen molar-refractivity contribution in [1.82, 2.24) is 0 Å². The molecule has 0 fully saturated rings. The van der Waals surface area contributed by atoms with Gasteiger partial charge in [-0.05, 0) is 22.9 Å². The molecule has 2 N–H and O–H groups in total. The minimum absolute atomic E-state index is 0.211. The van der Waals surface area contributed by atoms with Crippen LogP contribution in [0.2, 0.25) is 0 Å². The van der Waals surface area contributed by atoms with Gasteiger partial charge < -0.3 is 10.2 Å². The van der Waals surface area contributed by atoms with Crippen molar-refractivity contribution in [3.8, 4) is 11.5 Å². The Bertz CT molecular complexity index is 1100. The van der Waals surface area contributed by atoms with Gasteiger partial charge in [-0.15, -0.1) is 0 Å². The molecule has 0 amide bonds. The number of benzene rings is 4.